The van der Waals surface area contributed by atoms with Crippen LogP contribution < -0.4 is 11.1 Å². The summed E-state index contributed by atoms with van der Waals surface area (Å²) in [6.07, 6.45) is 6.80. The fraction of sp³-hybridized carbons (Fsp3) is 0.917. The summed E-state index contributed by atoms with van der Waals surface area (Å²) >= 11 is 0. The summed E-state index contributed by atoms with van der Waals surface area (Å²) in [7, 11) is -0.893. The van der Waals surface area contributed by atoms with Crippen LogP contribution in [0.3, 0.4) is 0 Å². The van der Waals surface area contributed by atoms with Crippen LogP contribution >= 0.6 is 0 Å². The maximum atomic E-state index is 12.2. The van der Waals surface area contributed by atoms with Gasteiger partial charge in [-0.2, -0.15) is 0 Å². The molecule has 0 aromatic heterocycles. The van der Waals surface area contributed by atoms with Crippen molar-refractivity contribution in [2.75, 3.05) is 19.3 Å². The van der Waals surface area contributed by atoms with Crippen LogP contribution in [0.5, 0.6) is 0 Å². The van der Waals surface area contributed by atoms with Gasteiger partial charge in [-0.1, -0.05) is 19.3 Å². The van der Waals surface area contributed by atoms with Crippen LogP contribution in [-0.4, -0.2) is 34.7 Å². The lowest BCUT2D eigenvalue weighted by molar-refractivity contribution is -0.132. The fourth-order valence-corrected chi connectivity index (χ4v) is 2.61. The van der Waals surface area contributed by atoms with E-state index in [0.717, 1.165) is 25.7 Å². The predicted octanol–water partition coefficient (Wildman–Crippen LogP) is 0.779. The maximum absolute atomic E-state index is 12.2. The average molecular weight is 260 g/mol. The molecule has 1 fully saturated rings. The molecule has 0 aromatic rings. The molecule has 100 valence electrons. The Balaban J connectivity index is 2.52. The Hall–Kier alpha value is -0.420. The monoisotopic (exact) mass is 260 g/mol. The first kappa shape index (κ1) is 14.6. The van der Waals surface area contributed by atoms with E-state index < -0.39 is 10.8 Å². The molecule has 1 amide bonds. The molecule has 1 aliphatic carbocycles. The van der Waals surface area contributed by atoms with E-state index in [1.54, 1.807) is 6.26 Å². The van der Waals surface area contributed by atoms with Crippen LogP contribution in [-0.2, 0) is 15.6 Å². The van der Waals surface area contributed by atoms with E-state index in [0.29, 0.717) is 13.1 Å². The first-order chi connectivity index (χ1) is 8.02. The number of nitrogens with one attached hydrogen (secondary N) is 1. The second-order valence-corrected chi connectivity index (χ2v) is 6.87. The molecular weight excluding hydrogens is 236 g/mol. The zero-order valence-corrected chi connectivity index (χ0v) is 11.6. The normalized spacial score (nSPS) is 22.8. The minimum atomic E-state index is -0.893. The lowest BCUT2D eigenvalue weighted by atomic mass is 9.73. The van der Waals surface area contributed by atoms with Gasteiger partial charge in [-0.05, 0) is 19.8 Å². The van der Waals surface area contributed by atoms with Gasteiger partial charge in [0.25, 0.3) is 0 Å². The Morgan fingerprint density at radius 2 is 2.00 bits per heavy atom. The van der Waals surface area contributed by atoms with Crippen molar-refractivity contribution in [3.63, 3.8) is 0 Å². The van der Waals surface area contributed by atoms with Crippen LogP contribution in [0, 0.1) is 5.41 Å². The third-order valence-corrected chi connectivity index (χ3v) is 5.10. The third-order valence-electron chi connectivity index (χ3n) is 3.80. The van der Waals surface area contributed by atoms with Crippen molar-refractivity contribution in [2.24, 2.45) is 11.1 Å². The molecule has 0 heterocycles. The molecule has 0 aromatic carbocycles. The topological polar surface area (TPSA) is 72.2 Å². The van der Waals surface area contributed by atoms with E-state index in [2.05, 4.69) is 5.32 Å². The second-order valence-electron chi connectivity index (χ2n) is 5.06. The van der Waals surface area contributed by atoms with Crippen molar-refractivity contribution in [3.05, 3.63) is 0 Å². The van der Waals surface area contributed by atoms with Crippen LogP contribution in [0.2, 0.25) is 0 Å². The average Bonchev–Trinajstić information content (AvgIpc) is 2.36. The molecule has 4 nitrogen and oxygen atoms in total. The molecule has 1 saturated carbocycles. The number of amides is 1. The van der Waals surface area contributed by atoms with Gasteiger partial charge in [0.05, 0.1) is 5.41 Å². The minimum absolute atomic E-state index is 0.00244. The van der Waals surface area contributed by atoms with E-state index in [1.165, 1.54) is 6.42 Å². The Morgan fingerprint density at radius 1 is 1.41 bits per heavy atom. The molecule has 2 atom stereocenters. The summed E-state index contributed by atoms with van der Waals surface area (Å²) in [5.41, 5.74) is 5.42. The maximum Gasteiger partial charge on any atom is 0.227 e. The molecule has 1 aliphatic rings. The standard InChI is InChI=1S/C12H24N2O2S/c1-10(17(2)16)8-14-11(15)12(9-13)6-4-3-5-7-12/h10H,3-9,13H2,1-2H3,(H,14,15). The molecule has 0 bridgehead atoms. The first-order valence-corrected chi connectivity index (χ1v) is 7.94. The smallest absolute Gasteiger partial charge is 0.227 e. The van der Waals surface area contributed by atoms with Gasteiger partial charge >= 0.3 is 0 Å². The van der Waals surface area contributed by atoms with Gasteiger partial charge in [0.1, 0.15) is 0 Å². The highest BCUT2D eigenvalue weighted by Gasteiger charge is 2.38. The van der Waals surface area contributed by atoms with Crippen LogP contribution in [0.15, 0.2) is 0 Å². The van der Waals surface area contributed by atoms with E-state index in [9.17, 15) is 9.00 Å². The predicted molar refractivity (Wildman–Crippen MR) is 71.1 cm³/mol. The van der Waals surface area contributed by atoms with Crippen molar-refractivity contribution in [2.45, 2.75) is 44.3 Å². The van der Waals surface area contributed by atoms with Crippen molar-refractivity contribution in [3.8, 4) is 0 Å². The zero-order chi connectivity index (χ0) is 12.9. The molecule has 5 heteroatoms. The highest BCUT2D eigenvalue weighted by Crippen LogP contribution is 2.35. The number of nitrogens with two attached hydrogens (primary N) is 1. The summed E-state index contributed by atoms with van der Waals surface area (Å²) in [5.74, 6) is 0.0528. The Bertz CT molecular complexity index is 288. The summed E-state index contributed by atoms with van der Waals surface area (Å²) in [6.45, 7) is 2.78. The van der Waals surface area contributed by atoms with E-state index >= 15 is 0 Å². The van der Waals surface area contributed by atoms with Crippen LogP contribution in [0.25, 0.3) is 0 Å². The molecule has 0 spiro atoms. The summed E-state index contributed by atoms with van der Waals surface area (Å²) in [5, 5.41) is 2.91. The lowest BCUT2D eigenvalue weighted by Crippen LogP contribution is -2.48. The van der Waals surface area contributed by atoms with Gasteiger partial charge < -0.3 is 11.1 Å². The lowest BCUT2D eigenvalue weighted by Gasteiger charge is -2.34. The first-order valence-electron chi connectivity index (χ1n) is 6.32. The third kappa shape index (κ3) is 3.78. The number of hydrogen-bond donors (Lipinski definition) is 2. The molecule has 2 unspecified atom stereocenters. The van der Waals surface area contributed by atoms with Crippen LogP contribution in [0.1, 0.15) is 39.0 Å². The molecule has 3 N–H and O–H groups in total. The Labute approximate surface area is 106 Å². The molecule has 0 radical (unpaired) electrons. The summed E-state index contributed by atoms with van der Waals surface area (Å²) in [4.78, 5) is 12.2. The van der Waals surface area contributed by atoms with E-state index in [4.69, 9.17) is 5.73 Å². The van der Waals surface area contributed by atoms with Gasteiger partial charge in [0, 0.05) is 35.4 Å². The number of carbonyl (C=O) groups is 1. The number of hydrogen-bond acceptors (Lipinski definition) is 3. The van der Waals surface area contributed by atoms with Gasteiger partial charge in [-0.15, -0.1) is 0 Å². The summed E-state index contributed by atoms with van der Waals surface area (Å²) < 4.78 is 11.2. The molecular formula is C12H24N2O2S. The number of carbonyl (C=O) groups excluding carboxylic acids is 1. The largest absolute Gasteiger partial charge is 0.354 e. The molecule has 17 heavy (non-hydrogen) atoms. The second kappa shape index (κ2) is 6.50. The van der Waals surface area contributed by atoms with Gasteiger partial charge in [-0.3, -0.25) is 9.00 Å². The highest BCUT2D eigenvalue weighted by molar-refractivity contribution is 7.84. The minimum Gasteiger partial charge on any atom is -0.354 e. The van der Waals surface area contributed by atoms with Crippen molar-refractivity contribution < 1.29 is 9.00 Å². The van der Waals surface area contributed by atoms with Gasteiger partial charge in [0.15, 0.2) is 0 Å². The zero-order valence-electron chi connectivity index (χ0n) is 10.8. The number of rotatable bonds is 5. The van der Waals surface area contributed by atoms with Crippen LogP contribution in [0.4, 0.5) is 0 Å². The molecule has 1 rings (SSSR count). The van der Waals surface area contributed by atoms with Gasteiger partial charge in [0.2, 0.25) is 5.91 Å². The molecule has 0 saturated heterocycles. The summed E-state index contributed by atoms with van der Waals surface area (Å²) in [6, 6.07) is 0. The van der Waals surface area contributed by atoms with Crippen molar-refractivity contribution >= 4 is 16.7 Å². The van der Waals surface area contributed by atoms with E-state index in [1.807, 2.05) is 6.92 Å². The van der Waals surface area contributed by atoms with Crippen molar-refractivity contribution in [1.29, 1.82) is 0 Å². The fourth-order valence-electron chi connectivity index (χ4n) is 2.29. The SMILES string of the molecule is CC(CNC(=O)C1(CN)CCCCC1)S(C)=O. The Kier molecular flexibility index (Phi) is 5.59. The quantitative estimate of drug-likeness (QED) is 0.767. The van der Waals surface area contributed by atoms with Gasteiger partial charge in [-0.25, -0.2) is 0 Å². The highest BCUT2D eigenvalue weighted by atomic mass is 32.2. The Morgan fingerprint density at radius 3 is 2.47 bits per heavy atom. The van der Waals surface area contributed by atoms with E-state index in [-0.39, 0.29) is 16.6 Å². The van der Waals surface area contributed by atoms with Crippen molar-refractivity contribution in [1.82, 2.24) is 5.32 Å². The molecule has 0 aliphatic heterocycles.